The molecular weight excluding hydrogens is 234 g/mol. The molecule has 0 saturated carbocycles. The van der Waals surface area contributed by atoms with Gasteiger partial charge in [0.15, 0.2) is 5.82 Å². The molecule has 0 fully saturated rings. The Morgan fingerprint density at radius 3 is 2.62 bits per heavy atom. The number of halogens is 1. The first kappa shape index (κ1) is 8.18. The fraction of sp³-hybridized carbons (Fsp3) is 0. The van der Waals surface area contributed by atoms with Gasteiger partial charge >= 0.3 is 0 Å². The van der Waals surface area contributed by atoms with E-state index in [9.17, 15) is 0 Å². The van der Waals surface area contributed by atoms with Crippen molar-refractivity contribution in [3.8, 4) is 5.82 Å². The van der Waals surface area contributed by atoms with Gasteiger partial charge in [0, 0.05) is 6.20 Å². The molecule has 13 heavy (non-hydrogen) atoms. The van der Waals surface area contributed by atoms with Crippen LogP contribution < -0.4 is 5.73 Å². The molecule has 0 aliphatic heterocycles. The van der Waals surface area contributed by atoms with Crippen molar-refractivity contribution in [3.05, 3.63) is 29.3 Å². The fourth-order valence-corrected chi connectivity index (χ4v) is 1.16. The molecule has 0 aliphatic rings. The summed E-state index contributed by atoms with van der Waals surface area (Å²) in [4.78, 5) is 7.96. The second-order valence-corrected chi connectivity index (χ2v) is 3.32. The van der Waals surface area contributed by atoms with Gasteiger partial charge in [0.05, 0.1) is 23.1 Å². The zero-order valence-electron chi connectivity index (χ0n) is 6.55. The molecular formula is C7H6BrN5. The van der Waals surface area contributed by atoms with E-state index in [1.54, 1.807) is 23.3 Å². The lowest BCUT2D eigenvalue weighted by Gasteiger charge is -1.98. The normalized spacial score (nSPS) is 10.2. The summed E-state index contributed by atoms with van der Waals surface area (Å²) in [5, 5.41) is 4.04. The maximum atomic E-state index is 5.40. The number of nitrogens with two attached hydrogens (primary N) is 1. The van der Waals surface area contributed by atoms with Gasteiger partial charge in [-0.05, 0) is 15.9 Å². The third-order valence-corrected chi connectivity index (χ3v) is 1.85. The van der Waals surface area contributed by atoms with Crippen LogP contribution in [0, 0.1) is 0 Å². The van der Waals surface area contributed by atoms with Gasteiger partial charge in [-0.3, -0.25) is 0 Å². The Labute approximate surface area is 82.7 Å². The van der Waals surface area contributed by atoms with E-state index in [4.69, 9.17) is 5.73 Å². The van der Waals surface area contributed by atoms with Crippen LogP contribution >= 0.6 is 15.9 Å². The average molecular weight is 240 g/mol. The van der Waals surface area contributed by atoms with Gasteiger partial charge in [-0.25, -0.2) is 14.6 Å². The maximum absolute atomic E-state index is 5.40. The minimum absolute atomic E-state index is 0.398. The van der Waals surface area contributed by atoms with Crippen LogP contribution in [0.25, 0.3) is 5.82 Å². The number of nitrogen functional groups attached to an aromatic ring is 1. The Balaban J connectivity index is 2.41. The van der Waals surface area contributed by atoms with Gasteiger partial charge in [0.25, 0.3) is 0 Å². The SMILES string of the molecule is Nc1cnc(-n2cc(Br)cn2)cn1. The van der Waals surface area contributed by atoms with Crippen LogP contribution in [-0.4, -0.2) is 19.7 Å². The molecule has 5 nitrogen and oxygen atoms in total. The van der Waals surface area contributed by atoms with Gasteiger partial charge in [-0.15, -0.1) is 0 Å². The molecule has 66 valence electrons. The van der Waals surface area contributed by atoms with Crippen molar-refractivity contribution in [2.45, 2.75) is 0 Å². The summed E-state index contributed by atoms with van der Waals surface area (Å²) in [7, 11) is 0. The minimum atomic E-state index is 0.398. The Kier molecular flexibility index (Phi) is 1.97. The number of rotatable bonds is 1. The van der Waals surface area contributed by atoms with Crippen LogP contribution in [-0.2, 0) is 0 Å². The second kappa shape index (κ2) is 3.14. The quantitative estimate of drug-likeness (QED) is 0.807. The molecule has 2 heterocycles. The van der Waals surface area contributed by atoms with Crippen molar-refractivity contribution in [1.29, 1.82) is 0 Å². The lowest BCUT2D eigenvalue weighted by Crippen LogP contribution is -2.00. The molecule has 0 aromatic carbocycles. The fourth-order valence-electron chi connectivity index (χ4n) is 0.876. The largest absolute Gasteiger partial charge is 0.382 e. The minimum Gasteiger partial charge on any atom is -0.382 e. The highest BCUT2D eigenvalue weighted by Gasteiger charge is 1.99. The van der Waals surface area contributed by atoms with E-state index < -0.39 is 0 Å². The monoisotopic (exact) mass is 239 g/mol. The Morgan fingerprint density at radius 1 is 1.23 bits per heavy atom. The van der Waals surface area contributed by atoms with Crippen LogP contribution in [0.2, 0.25) is 0 Å². The summed E-state index contributed by atoms with van der Waals surface area (Å²) < 4.78 is 2.50. The van der Waals surface area contributed by atoms with Crippen molar-refractivity contribution in [2.75, 3.05) is 5.73 Å². The molecule has 0 amide bonds. The molecule has 0 atom stereocenters. The first-order valence-electron chi connectivity index (χ1n) is 3.54. The highest BCUT2D eigenvalue weighted by Crippen LogP contribution is 2.09. The lowest BCUT2D eigenvalue weighted by molar-refractivity contribution is 0.839. The number of anilines is 1. The van der Waals surface area contributed by atoms with Gasteiger partial charge in [0.2, 0.25) is 0 Å². The summed E-state index contributed by atoms with van der Waals surface area (Å²) in [5.74, 6) is 1.04. The Bertz CT molecular complexity index is 407. The lowest BCUT2D eigenvalue weighted by atomic mass is 10.6. The van der Waals surface area contributed by atoms with Crippen molar-refractivity contribution in [3.63, 3.8) is 0 Å². The molecule has 2 aromatic heterocycles. The van der Waals surface area contributed by atoms with Gasteiger partial charge in [0.1, 0.15) is 5.82 Å². The van der Waals surface area contributed by atoms with Crippen LogP contribution in [0.15, 0.2) is 29.3 Å². The van der Waals surface area contributed by atoms with Gasteiger partial charge in [-0.1, -0.05) is 0 Å². The standard InChI is InChI=1S/C7H6BrN5/c8-5-1-12-13(4-5)7-3-10-6(9)2-11-7/h1-4H,(H2,9,10). The van der Waals surface area contributed by atoms with E-state index in [1.165, 1.54) is 6.20 Å². The van der Waals surface area contributed by atoms with Crippen LogP contribution in [0.4, 0.5) is 5.82 Å². The zero-order valence-corrected chi connectivity index (χ0v) is 8.14. The van der Waals surface area contributed by atoms with E-state index in [1.807, 2.05) is 0 Å². The summed E-state index contributed by atoms with van der Waals surface area (Å²) in [6.07, 6.45) is 6.53. The molecule has 2 aromatic rings. The molecule has 0 spiro atoms. The average Bonchev–Trinajstić information content (AvgIpc) is 2.53. The number of hydrogen-bond acceptors (Lipinski definition) is 4. The third kappa shape index (κ3) is 1.67. The van der Waals surface area contributed by atoms with E-state index in [0.29, 0.717) is 11.6 Å². The second-order valence-electron chi connectivity index (χ2n) is 2.40. The van der Waals surface area contributed by atoms with Crippen LogP contribution in [0.3, 0.4) is 0 Å². The van der Waals surface area contributed by atoms with Crippen molar-refractivity contribution < 1.29 is 0 Å². The van der Waals surface area contributed by atoms with E-state index in [2.05, 4.69) is 31.0 Å². The number of hydrogen-bond donors (Lipinski definition) is 1. The van der Waals surface area contributed by atoms with Gasteiger partial charge < -0.3 is 5.73 Å². The van der Waals surface area contributed by atoms with Gasteiger partial charge in [-0.2, -0.15) is 5.10 Å². The molecule has 0 bridgehead atoms. The zero-order chi connectivity index (χ0) is 9.26. The summed E-state index contributed by atoms with van der Waals surface area (Å²) in [6.45, 7) is 0. The van der Waals surface area contributed by atoms with Crippen molar-refractivity contribution in [2.24, 2.45) is 0 Å². The highest BCUT2D eigenvalue weighted by atomic mass is 79.9. The summed E-state index contributed by atoms with van der Waals surface area (Å²) >= 11 is 3.29. The summed E-state index contributed by atoms with van der Waals surface area (Å²) in [5.41, 5.74) is 5.40. The molecule has 0 radical (unpaired) electrons. The maximum Gasteiger partial charge on any atom is 0.171 e. The summed E-state index contributed by atoms with van der Waals surface area (Å²) in [6, 6.07) is 0. The first-order valence-corrected chi connectivity index (χ1v) is 4.33. The molecule has 6 heteroatoms. The van der Waals surface area contributed by atoms with Crippen molar-refractivity contribution >= 4 is 21.7 Å². The van der Waals surface area contributed by atoms with Crippen molar-refractivity contribution in [1.82, 2.24) is 19.7 Å². The van der Waals surface area contributed by atoms with E-state index in [-0.39, 0.29) is 0 Å². The van der Waals surface area contributed by atoms with Crippen LogP contribution in [0.1, 0.15) is 0 Å². The first-order chi connectivity index (χ1) is 6.25. The highest BCUT2D eigenvalue weighted by molar-refractivity contribution is 9.10. The van der Waals surface area contributed by atoms with Crippen LogP contribution in [0.5, 0.6) is 0 Å². The predicted octanol–water partition coefficient (Wildman–Crippen LogP) is 1.01. The van der Waals surface area contributed by atoms with E-state index in [0.717, 1.165) is 4.47 Å². The topological polar surface area (TPSA) is 69.6 Å². The Hall–Kier alpha value is -1.43. The smallest absolute Gasteiger partial charge is 0.171 e. The molecule has 0 unspecified atom stereocenters. The molecule has 0 aliphatic carbocycles. The molecule has 2 rings (SSSR count). The molecule has 2 N–H and O–H groups in total. The Morgan fingerprint density at radius 2 is 2.08 bits per heavy atom. The third-order valence-electron chi connectivity index (χ3n) is 1.44. The predicted molar refractivity (Wildman–Crippen MR) is 51.3 cm³/mol. The number of nitrogens with zero attached hydrogens (tertiary/aromatic N) is 4. The number of aromatic nitrogens is 4. The van der Waals surface area contributed by atoms with E-state index >= 15 is 0 Å². The molecule has 0 saturated heterocycles.